The van der Waals surface area contributed by atoms with Crippen LogP contribution in [0.25, 0.3) is 32.9 Å². The minimum absolute atomic E-state index is 0.0365. The Hall–Kier alpha value is -3.60. The molecule has 9 nitrogen and oxygen atoms in total. The van der Waals surface area contributed by atoms with Gasteiger partial charge in [-0.15, -0.1) is 0 Å². The third-order valence-electron chi connectivity index (χ3n) is 9.83. The molecule has 3 aliphatic heterocycles. The highest BCUT2D eigenvalue weighted by Gasteiger charge is 2.52. The summed E-state index contributed by atoms with van der Waals surface area (Å²) in [5.74, 6) is 0.0169. The molecule has 3 aliphatic rings. The van der Waals surface area contributed by atoms with Gasteiger partial charge in [-0.1, -0.05) is 31.2 Å². The summed E-state index contributed by atoms with van der Waals surface area (Å²) < 4.78 is 22.8. The second kappa shape index (κ2) is 10.3. The molecule has 3 saturated heterocycles. The lowest BCUT2D eigenvalue weighted by Gasteiger charge is -2.41. The number of fused-ring (bicyclic) bond motifs is 4. The molecular formula is C32H37FN6O3. The summed E-state index contributed by atoms with van der Waals surface area (Å²) in [7, 11) is 4.15. The molecule has 7 rings (SSSR count). The van der Waals surface area contributed by atoms with E-state index >= 15 is 4.39 Å². The van der Waals surface area contributed by atoms with E-state index in [-0.39, 0.29) is 41.1 Å². The zero-order valence-corrected chi connectivity index (χ0v) is 24.3. The van der Waals surface area contributed by atoms with Gasteiger partial charge < -0.3 is 24.7 Å². The van der Waals surface area contributed by atoms with Crippen molar-refractivity contribution in [3.05, 3.63) is 48.4 Å². The molecule has 0 amide bonds. The SMILES string of the molecule is CC[C@]1(O)CC2CN(c3nc(OC[C@@H]4CCCN4C)nc4c(F)c(-c5cc(O)cc6ccccc56)ncc34)CC1N2C. The van der Waals surface area contributed by atoms with Crippen LogP contribution in [0, 0.1) is 5.82 Å². The maximum absolute atomic E-state index is 16.6. The number of ether oxygens (including phenoxy) is 1. The number of benzene rings is 2. The van der Waals surface area contributed by atoms with Crippen molar-refractivity contribution in [3.8, 4) is 23.0 Å². The van der Waals surface area contributed by atoms with Crippen LogP contribution < -0.4 is 9.64 Å². The first-order chi connectivity index (χ1) is 20.3. The van der Waals surface area contributed by atoms with Gasteiger partial charge in [0.25, 0.3) is 0 Å². The number of anilines is 1. The second-order valence-electron chi connectivity index (χ2n) is 12.2. The van der Waals surface area contributed by atoms with Gasteiger partial charge in [0.05, 0.1) is 17.0 Å². The fraction of sp³-hybridized carbons (Fsp3) is 0.469. The molecule has 2 unspecified atom stereocenters. The molecule has 2 bridgehead atoms. The fourth-order valence-corrected chi connectivity index (χ4v) is 7.27. The number of likely N-dealkylation sites (tertiary alicyclic amines) is 1. The van der Waals surface area contributed by atoms with Gasteiger partial charge in [0.2, 0.25) is 0 Å². The second-order valence-corrected chi connectivity index (χ2v) is 12.2. The number of phenols is 1. The van der Waals surface area contributed by atoms with Gasteiger partial charge in [-0.3, -0.25) is 9.88 Å². The van der Waals surface area contributed by atoms with Crippen LogP contribution in [0.1, 0.15) is 32.6 Å². The van der Waals surface area contributed by atoms with Crippen LogP contribution in [0.2, 0.25) is 0 Å². The van der Waals surface area contributed by atoms with Gasteiger partial charge in [0.15, 0.2) is 5.82 Å². The summed E-state index contributed by atoms with van der Waals surface area (Å²) in [5.41, 5.74) is -0.0502. The average Bonchev–Trinajstić information content (AvgIpc) is 3.44. The Balaban J connectivity index is 1.35. The van der Waals surface area contributed by atoms with Gasteiger partial charge >= 0.3 is 6.01 Å². The van der Waals surface area contributed by atoms with E-state index in [1.165, 1.54) is 0 Å². The molecular weight excluding hydrogens is 535 g/mol. The minimum atomic E-state index is -0.781. The number of piperazine rings is 1. The van der Waals surface area contributed by atoms with E-state index < -0.39 is 11.4 Å². The summed E-state index contributed by atoms with van der Waals surface area (Å²) in [5, 5.41) is 23.9. The standard InChI is InChI=1S/C32H37FN6O3/c1-4-32(41)14-21-16-39(17-26(32)38(21)3)30-25-15-34-28(24-13-22(40)12-19-8-5-6-10-23(19)24)27(33)29(25)35-31(36-30)42-18-20-9-7-11-37(20)2/h5-6,8,10,12-13,15,20-21,26,40-41H,4,7,9,11,14,16-18H2,1-3H3/t20-,21?,26?,32-/m0/s1. The molecule has 0 aliphatic carbocycles. The van der Waals surface area contributed by atoms with Crippen LogP contribution in [0.15, 0.2) is 42.6 Å². The summed E-state index contributed by atoms with van der Waals surface area (Å²) in [6.45, 7) is 4.66. The Bertz CT molecular complexity index is 1670. The van der Waals surface area contributed by atoms with Crippen LogP contribution in [0.3, 0.4) is 0 Å². The normalized spacial score (nSPS) is 26.5. The summed E-state index contributed by atoms with van der Waals surface area (Å²) >= 11 is 0. The molecule has 2 N–H and O–H groups in total. The van der Waals surface area contributed by atoms with Crippen molar-refractivity contribution >= 4 is 27.5 Å². The average molecular weight is 573 g/mol. The van der Waals surface area contributed by atoms with Crippen molar-refractivity contribution in [2.24, 2.45) is 0 Å². The van der Waals surface area contributed by atoms with Crippen LogP contribution in [0.5, 0.6) is 11.8 Å². The Morgan fingerprint density at radius 2 is 1.95 bits per heavy atom. The van der Waals surface area contributed by atoms with E-state index in [2.05, 4.69) is 38.8 Å². The number of aliphatic hydroxyl groups is 1. The fourth-order valence-electron chi connectivity index (χ4n) is 7.27. The number of hydrogen-bond donors (Lipinski definition) is 2. The number of hydrogen-bond acceptors (Lipinski definition) is 9. The monoisotopic (exact) mass is 572 g/mol. The Labute approximate surface area is 244 Å². The molecule has 220 valence electrons. The summed E-state index contributed by atoms with van der Waals surface area (Å²) in [4.78, 5) is 20.7. The van der Waals surface area contributed by atoms with E-state index in [1.54, 1.807) is 18.3 Å². The topological polar surface area (TPSA) is 98.1 Å². The highest BCUT2D eigenvalue weighted by molar-refractivity contribution is 5.99. The quantitative estimate of drug-likeness (QED) is 0.352. The minimum Gasteiger partial charge on any atom is -0.508 e. The number of aromatic nitrogens is 3. The first-order valence-electron chi connectivity index (χ1n) is 14.9. The number of pyridine rings is 1. The number of nitrogens with zero attached hydrogens (tertiary/aromatic N) is 6. The predicted molar refractivity (Wildman–Crippen MR) is 160 cm³/mol. The smallest absolute Gasteiger partial charge is 0.319 e. The molecule has 42 heavy (non-hydrogen) atoms. The van der Waals surface area contributed by atoms with E-state index in [0.717, 1.165) is 30.2 Å². The van der Waals surface area contributed by atoms with E-state index in [0.29, 0.717) is 49.3 Å². The van der Waals surface area contributed by atoms with Crippen molar-refractivity contribution in [2.45, 2.75) is 56.3 Å². The third-order valence-corrected chi connectivity index (χ3v) is 9.83. The molecule has 0 radical (unpaired) electrons. The molecule has 5 heterocycles. The third kappa shape index (κ3) is 4.44. The Morgan fingerprint density at radius 3 is 2.74 bits per heavy atom. The van der Waals surface area contributed by atoms with E-state index in [4.69, 9.17) is 9.72 Å². The van der Waals surface area contributed by atoms with Gasteiger partial charge in [0.1, 0.15) is 29.4 Å². The number of halogens is 1. The van der Waals surface area contributed by atoms with Crippen molar-refractivity contribution in [2.75, 3.05) is 45.2 Å². The molecule has 0 saturated carbocycles. The molecule has 2 aromatic carbocycles. The summed E-state index contributed by atoms with van der Waals surface area (Å²) in [6.07, 6.45) is 5.12. The van der Waals surface area contributed by atoms with Gasteiger partial charge in [0, 0.05) is 36.9 Å². The molecule has 0 spiro atoms. The highest BCUT2D eigenvalue weighted by atomic mass is 19.1. The molecule has 3 fully saturated rings. The first kappa shape index (κ1) is 27.2. The van der Waals surface area contributed by atoms with Gasteiger partial charge in [-0.25, -0.2) is 4.39 Å². The van der Waals surface area contributed by atoms with Gasteiger partial charge in [-0.05, 0) is 69.2 Å². The van der Waals surface area contributed by atoms with E-state index in [1.807, 2.05) is 31.2 Å². The number of likely N-dealkylation sites (N-methyl/N-ethyl adjacent to an activating group) is 2. The van der Waals surface area contributed by atoms with Gasteiger partial charge in [-0.2, -0.15) is 9.97 Å². The zero-order chi connectivity index (χ0) is 29.2. The largest absolute Gasteiger partial charge is 0.508 e. The number of phenolic OH excluding ortho intramolecular Hbond substituents is 1. The first-order valence-corrected chi connectivity index (χ1v) is 14.9. The van der Waals surface area contributed by atoms with Crippen LogP contribution in [-0.2, 0) is 0 Å². The van der Waals surface area contributed by atoms with Crippen molar-refractivity contribution in [1.29, 1.82) is 0 Å². The maximum Gasteiger partial charge on any atom is 0.319 e. The van der Waals surface area contributed by atoms with Crippen molar-refractivity contribution < 1.29 is 19.3 Å². The molecule has 4 aromatic rings. The zero-order valence-electron chi connectivity index (χ0n) is 24.3. The van der Waals surface area contributed by atoms with E-state index in [9.17, 15) is 10.2 Å². The van der Waals surface area contributed by atoms with Crippen molar-refractivity contribution in [1.82, 2.24) is 24.8 Å². The number of aromatic hydroxyl groups is 1. The van der Waals surface area contributed by atoms with Crippen LogP contribution >= 0.6 is 0 Å². The van der Waals surface area contributed by atoms with Crippen LogP contribution in [-0.4, -0.2) is 99.0 Å². The highest BCUT2D eigenvalue weighted by Crippen LogP contribution is 2.42. The Morgan fingerprint density at radius 1 is 1.12 bits per heavy atom. The predicted octanol–water partition coefficient (Wildman–Crippen LogP) is 4.20. The molecule has 10 heteroatoms. The molecule has 2 aromatic heterocycles. The molecule has 4 atom stereocenters. The van der Waals surface area contributed by atoms with Crippen LogP contribution in [0.4, 0.5) is 10.2 Å². The lowest BCUT2D eigenvalue weighted by molar-refractivity contribution is 0.00630. The maximum atomic E-state index is 16.6. The number of rotatable bonds is 6. The Kier molecular flexibility index (Phi) is 6.67. The lowest BCUT2D eigenvalue weighted by Crippen LogP contribution is -2.56. The lowest BCUT2D eigenvalue weighted by atomic mass is 9.91. The summed E-state index contributed by atoms with van der Waals surface area (Å²) in [6, 6.07) is 11.2. The van der Waals surface area contributed by atoms with Crippen molar-refractivity contribution in [3.63, 3.8) is 0 Å².